The van der Waals surface area contributed by atoms with E-state index in [-0.39, 0.29) is 5.91 Å². The second-order valence-electron chi connectivity index (χ2n) is 5.95. The zero-order valence-electron chi connectivity index (χ0n) is 13.5. The number of nitrogens with zero attached hydrogens (tertiary/aromatic N) is 2. The highest BCUT2D eigenvalue weighted by molar-refractivity contribution is 7.92. The van der Waals surface area contributed by atoms with Gasteiger partial charge in [0.15, 0.2) is 0 Å². The molecule has 1 aliphatic heterocycles. The summed E-state index contributed by atoms with van der Waals surface area (Å²) < 4.78 is 25.6. The Balaban J connectivity index is 2.27. The minimum Gasteiger partial charge on any atom is -0.341 e. The highest BCUT2D eigenvalue weighted by atomic mass is 35.5. The van der Waals surface area contributed by atoms with Crippen molar-refractivity contribution in [3.05, 3.63) is 29.3 Å². The molecule has 1 saturated heterocycles. The summed E-state index contributed by atoms with van der Waals surface area (Å²) in [6, 6.07) is 5.71. The highest BCUT2D eigenvalue weighted by Crippen LogP contribution is 2.24. The maximum Gasteiger partial charge on any atom is 0.246 e. The third kappa shape index (κ3) is 4.61. The number of sulfonamides is 1. The molecule has 7 heteroatoms. The van der Waals surface area contributed by atoms with E-state index in [1.165, 1.54) is 4.31 Å². The number of hydrogen-bond acceptors (Lipinski definition) is 3. The average Bonchev–Trinajstić information content (AvgIpc) is 2.76. The number of amides is 1. The molecule has 0 unspecified atom stereocenters. The lowest BCUT2D eigenvalue weighted by molar-refractivity contribution is -0.131. The molecule has 1 aromatic carbocycles. The molecule has 2 rings (SSSR count). The van der Waals surface area contributed by atoms with Gasteiger partial charge in [-0.3, -0.25) is 9.10 Å². The molecule has 23 heavy (non-hydrogen) atoms. The van der Waals surface area contributed by atoms with E-state index in [0.29, 0.717) is 23.8 Å². The molecule has 0 aromatic heterocycles. The predicted octanol–water partition coefficient (Wildman–Crippen LogP) is 2.90. The Morgan fingerprint density at radius 2 is 1.65 bits per heavy atom. The number of halogens is 1. The van der Waals surface area contributed by atoms with E-state index in [1.807, 2.05) is 0 Å². The van der Waals surface area contributed by atoms with E-state index >= 15 is 0 Å². The zero-order valence-corrected chi connectivity index (χ0v) is 15.1. The quantitative estimate of drug-likeness (QED) is 0.831. The van der Waals surface area contributed by atoms with Crippen molar-refractivity contribution in [3.63, 3.8) is 0 Å². The molecule has 5 nitrogen and oxygen atoms in total. The summed E-state index contributed by atoms with van der Waals surface area (Å²) in [5.41, 5.74) is 0.451. The number of carbonyl (C=O) groups excluding carboxylic acids is 1. The van der Waals surface area contributed by atoms with Crippen molar-refractivity contribution in [1.82, 2.24) is 4.90 Å². The van der Waals surface area contributed by atoms with E-state index in [2.05, 4.69) is 0 Å². The minimum absolute atomic E-state index is 0.146. The molecule has 1 amide bonds. The molecule has 1 fully saturated rings. The normalized spacial score (nSPS) is 17.4. The van der Waals surface area contributed by atoms with Crippen molar-refractivity contribution in [2.75, 3.05) is 23.7 Å². The minimum atomic E-state index is -3.58. The molecular formula is C16H23ClN2O3S. The van der Waals surface area contributed by atoms with Crippen LogP contribution in [0, 0.1) is 0 Å². The van der Waals surface area contributed by atoms with Crippen molar-refractivity contribution in [1.29, 1.82) is 0 Å². The first-order chi connectivity index (χ1) is 10.8. The predicted molar refractivity (Wildman–Crippen MR) is 93.3 cm³/mol. The molecule has 128 valence electrons. The molecule has 0 N–H and O–H groups in total. The number of anilines is 1. The van der Waals surface area contributed by atoms with E-state index in [1.54, 1.807) is 36.1 Å². The van der Waals surface area contributed by atoms with E-state index in [0.717, 1.165) is 31.9 Å². The molecule has 0 spiro atoms. The van der Waals surface area contributed by atoms with Crippen LogP contribution in [-0.2, 0) is 14.8 Å². The SMILES string of the molecule is C[C@H](C(=O)N1CCCCCC1)N(c1ccc(Cl)cc1)S(C)(=O)=O. The molecule has 1 atom stereocenters. The Morgan fingerprint density at radius 1 is 1.13 bits per heavy atom. The summed E-state index contributed by atoms with van der Waals surface area (Å²) >= 11 is 5.87. The van der Waals surface area contributed by atoms with Gasteiger partial charge in [-0.1, -0.05) is 24.4 Å². The van der Waals surface area contributed by atoms with Gasteiger partial charge >= 0.3 is 0 Å². The number of rotatable bonds is 4. The lowest BCUT2D eigenvalue weighted by atomic mass is 10.2. The van der Waals surface area contributed by atoms with Crippen LogP contribution in [0.5, 0.6) is 0 Å². The summed E-state index contributed by atoms with van der Waals surface area (Å²) in [7, 11) is -3.58. The van der Waals surface area contributed by atoms with Crippen LogP contribution in [0.25, 0.3) is 0 Å². The van der Waals surface area contributed by atoms with Crippen LogP contribution in [-0.4, -0.2) is 44.6 Å². The first-order valence-corrected chi connectivity index (χ1v) is 10.1. The topological polar surface area (TPSA) is 57.7 Å². The summed E-state index contributed by atoms with van der Waals surface area (Å²) in [5, 5.41) is 0.522. The Bertz CT molecular complexity index is 638. The molecule has 0 radical (unpaired) electrons. The van der Waals surface area contributed by atoms with Crippen LogP contribution in [0.15, 0.2) is 24.3 Å². The van der Waals surface area contributed by atoms with E-state index in [9.17, 15) is 13.2 Å². The van der Waals surface area contributed by atoms with Crippen molar-refractivity contribution >= 4 is 33.2 Å². The third-order valence-electron chi connectivity index (χ3n) is 4.07. The number of benzene rings is 1. The van der Waals surface area contributed by atoms with Gasteiger partial charge in [0.2, 0.25) is 15.9 Å². The van der Waals surface area contributed by atoms with Gasteiger partial charge in [-0.15, -0.1) is 0 Å². The van der Waals surface area contributed by atoms with Crippen LogP contribution in [0.2, 0.25) is 5.02 Å². The fourth-order valence-electron chi connectivity index (χ4n) is 2.95. The second kappa shape index (κ2) is 7.53. The molecule has 1 aliphatic rings. The van der Waals surface area contributed by atoms with Gasteiger partial charge < -0.3 is 4.90 Å². The largest absolute Gasteiger partial charge is 0.341 e. The van der Waals surface area contributed by atoms with Gasteiger partial charge in [0.1, 0.15) is 6.04 Å². The van der Waals surface area contributed by atoms with Crippen LogP contribution in [0.4, 0.5) is 5.69 Å². The van der Waals surface area contributed by atoms with Crippen LogP contribution in [0.1, 0.15) is 32.6 Å². The molecule has 1 heterocycles. The molecule has 1 aromatic rings. The van der Waals surface area contributed by atoms with Gasteiger partial charge in [-0.2, -0.15) is 0 Å². The molecular weight excluding hydrogens is 336 g/mol. The van der Waals surface area contributed by atoms with Gasteiger partial charge in [0.05, 0.1) is 11.9 Å². The van der Waals surface area contributed by atoms with Crippen molar-refractivity contribution in [3.8, 4) is 0 Å². The Hall–Kier alpha value is -1.27. The maximum absolute atomic E-state index is 12.8. The van der Waals surface area contributed by atoms with Crippen molar-refractivity contribution in [2.45, 2.75) is 38.6 Å². The lowest BCUT2D eigenvalue weighted by Crippen LogP contribution is -2.49. The second-order valence-corrected chi connectivity index (χ2v) is 8.25. The first-order valence-electron chi connectivity index (χ1n) is 7.84. The number of hydrogen-bond donors (Lipinski definition) is 0. The Labute approximate surface area is 143 Å². The molecule has 0 saturated carbocycles. The van der Waals surface area contributed by atoms with Gasteiger partial charge in [0.25, 0.3) is 0 Å². The summed E-state index contributed by atoms with van der Waals surface area (Å²) in [6.07, 6.45) is 5.29. The summed E-state index contributed by atoms with van der Waals surface area (Å²) in [4.78, 5) is 14.6. The Morgan fingerprint density at radius 3 is 2.13 bits per heavy atom. The zero-order chi connectivity index (χ0) is 17.0. The number of carbonyl (C=O) groups is 1. The smallest absolute Gasteiger partial charge is 0.246 e. The van der Waals surface area contributed by atoms with Crippen LogP contribution < -0.4 is 4.31 Å². The van der Waals surface area contributed by atoms with Crippen LogP contribution in [0.3, 0.4) is 0 Å². The summed E-state index contributed by atoms with van der Waals surface area (Å²) in [6.45, 7) is 3.03. The van der Waals surface area contributed by atoms with Crippen molar-refractivity contribution in [2.24, 2.45) is 0 Å². The van der Waals surface area contributed by atoms with Gasteiger partial charge in [-0.05, 0) is 44.0 Å². The maximum atomic E-state index is 12.8. The van der Waals surface area contributed by atoms with Gasteiger partial charge in [-0.25, -0.2) is 8.42 Å². The Kier molecular flexibility index (Phi) is 5.92. The first kappa shape index (κ1) is 18.1. The van der Waals surface area contributed by atoms with Gasteiger partial charge in [0, 0.05) is 18.1 Å². The molecule has 0 bridgehead atoms. The van der Waals surface area contributed by atoms with E-state index < -0.39 is 16.1 Å². The third-order valence-corrected chi connectivity index (χ3v) is 5.56. The number of likely N-dealkylation sites (tertiary alicyclic amines) is 1. The van der Waals surface area contributed by atoms with Crippen molar-refractivity contribution < 1.29 is 13.2 Å². The average molecular weight is 359 g/mol. The van der Waals surface area contributed by atoms with E-state index in [4.69, 9.17) is 11.6 Å². The fraction of sp³-hybridized carbons (Fsp3) is 0.562. The lowest BCUT2D eigenvalue weighted by Gasteiger charge is -2.32. The highest BCUT2D eigenvalue weighted by Gasteiger charge is 2.32. The fourth-order valence-corrected chi connectivity index (χ4v) is 4.24. The van der Waals surface area contributed by atoms with Crippen LogP contribution >= 0.6 is 11.6 Å². The molecule has 0 aliphatic carbocycles. The monoisotopic (exact) mass is 358 g/mol. The summed E-state index contributed by atoms with van der Waals surface area (Å²) in [5.74, 6) is -0.146. The standard InChI is InChI=1S/C16H23ClN2O3S/c1-13(16(20)18-11-5-3-4-6-12-18)19(23(2,21)22)15-9-7-14(17)8-10-15/h7-10,13H,3-6,11-12H2,1-2H3/t13-/m1/s1.